The molecule has 106 valence electrons. The van der Waals surface area contributed by atoms with Gasteiger partial charge in [0.15, 0.2) is 5.78 Å². The molecule has 0 N–H and O–H groups in total. The highest BCUT2D eigenvalue weighted by Crippen LogP contribution is 2.23. The SMILES string of the molecule is CCc1cc(CC(=O)c2ccc(Cl)c(Cl)c2)n(CC)n1. The summed E-state index contributed by atoms with van der Waals surface area (Å²) in [6, 6.07) is 6.94. The zero-order valence-electron chi connectivity index (χ0n) is 11.5. The monoisotopic (exact) mass is 310 g/mol. The quantitative estimate of drug-likeness (QED) is 0.776. The molecule has 0 saturated carbocycles. The summed E-state index contributed by atoms with van der Waals surface area (Å²) in [4.78, 5) is 12.3. The van der Waals surface area contributed by atoms with Gasteiger partial charge in [0.05, 0.1) is 22.2 Å². The number of ketones is 1. The molecular formula is C15H16Cl2N2O. The van der Waals surface area contributed by atoms with Crippen LogP contribution in [0.25, 0.3) is 0 Å². The molecule has 2 rings (SSSR count). The number of rotatable bonds is 5. The minimum atomic E-state index is 0.0146. The highest BCUT2D eigenvalue weighted by molar-refractivity contribution is 6.42. The van der Waals surface area contributed by atoms with Crippen LogP contribution in [0, 0.1) is 0 Å². The van der Waals surface area contributed by atoms with Crippen LogP contribution in [0.3, 0.4) is 0 Å². The molecule has 0 spiro atoms. The lowest BCUT2D eigenvalue weighted by Crippen LogP contribution is -2.09. The van der Waals surface area contributed by atoms with E-state index in [1.54, 1.807) is 18.2 Å². The van der Waals surface area contributed by atoms with Crippen molar-refractivity contribution in [3.63, 3.8) is 0 Å². The largest absolute Gasteiger partial charge is 0.294 e. The third-order valence-electron chi connectivity index (χ3n) is 3.16. The zero-order valence-corrected chi connectivity index (χ0v) is 13.0. The van der Waals surface area contributed by atoms with Gasteiger partial charge in [-0.1, -0.05) is 30.1 Å². The summed E-state index contributed by atoms with van der Waals surface area (Å²) in [5.41, 5.74) is 2.51. The van der Waals surface area contributed by atoms with E-state index in [1.165, 1.54) is 0 Å². The highest BCUT2D eigenvalue weighted by Gasteiger charge is 2.13. The molecule has 1 aromatic heterocycles. The van der Waals surface area contributed by atoms with Crippen LogP contribution in [-0.2, 0) is 19.4 Å². The molecule has 1 aromatic carbocycles. The normalized spacial score (nSPS) is 10.8. The van der Waals surface area contributed by atoms with E-state index >= 15 is 0 Å². The summed E-state index contributed by atoms with van der Waals surface area (Å²) in [5, 5.41) is 5.30. The van der Waals surface area contributed by atoms with Crippen molar-refractivity contribution >= 4 is 29.0 Å². The molecule has 20 heavy (non-hydrogen) atoms. The van der Waals surface area contributed by atoms with Crippen molar-refractivity contribution in [2.45, 2.75) is 33.2 Å². The molecule has 0 aliphatic heterocycles. The van der Waals surface area contributed by atoms with Crippen LogP contribution < -0.4 is 0 Å². The van der Waals surface area contributed by atoms with Crippen LogP contribution in [0.4, 0.5) is 0 Å². The third-order valence-corrected chi connectivity index (χ3v) is 3.90. The Balaban J connectivity index is 2.22. The van der Waals surface area contributed by atoms with Gasteiger partial charge in [-0.3, -0.25) is 9.48 Å². The molecule has 0 fully saturated rings. The first-order valence-corrected chi connectivity index (χ1v) is 7.34. The number of hydrogen-bond acceptors (Lipinski definition) is 2. The fourth-order valence-corrected chi connectivity index (χ4v) is 2.34. The molecule has 0 aliphatic carbocycles. The number of carbonyl (C=O) groups is 1. The Labute approximate surface area is 128 Å². The second-order valence-corrected chi connectivity index (χ2v) is 5.34. The maximum atomic E-state index is 12.3. The van der Waals surface area contributed by atoms with Gasteiger partial charge in [-0.2, -0.15) is 5.10 Å². The Morgan fingerprint density at radius 1 is 1.20 bits per heavy atom. The molecule has 0 amide bonds. The van der Waals surface area contributed by atoms with Crippen molar-refractivity contribution < 1.29 is 4.79 Å². The summed E-state index contributed by atoms with van der Waals surface area (Å²) in [7, 11) is 0. The van der Waals surface area contributed by atoms with Crippen molar-refractivity contribution in [3.05, 3.63) is 51.3 Å². The number of carbonyl (C=O) groups excluding carboxylic acids is 1. The van der Waals surface area contributed by atoms with E-state index in [0.29, 0.717) is 22.0 Å². The highest BCUT2D eigenvalue weighted by atomic mass is 35.5. The first kappa shape index (κ1) is 15.1. The van der Waals surface area contributed by atoms with Crippen molar-refractivity contribution in [1.29, 1.82) is 0 Å². The smallest absolute Gasteiger partial charge is 0.168 e. The van der Waals surface area contributed by atoms with Gasteiger partial charge < -0.3 is 0 Å². The molecule has 2 aromatic rings. The van der Waals surface area contributed by atoms with Crippen LogP contribution in [0.1, 0.15) is 35.6 Å². The average molecular weight is 311 g/mol. The number of Topliss-reactive ketones (excluding diaryl/α,β-unsaturated/α-hetero) is 1. The summed E-state index contributed by atoms with van der Waals surface area (Å²) >= 11 is 11.8. The molecule has 0 radical (unpaired) electrons. The van der Waals surface area contributed by atoms with Gasteiger partial charge in [-0.25, -0.2) is 0 Å². The maximum absolute atomic E-state index is 12.3. The van der Waals surface area contributed by atoms with E-state index in [9.17, 15) is 4.79 Å². The summed E-state index contributed by atoms with van der Waals surface area (Å²) in [6.45, 7) is 4.82. The molecule has 3 nitrogen and oxygen atoms in total. The number of halogens is 2. The molecule has 0 bridgehead atoms. The molecule has 0 atom stereocenters. The van der Waals surface area contributed by atoms with Crippen LogP contribution >= 0.6 is 23.2 Å². The van der Waals surface area contributed by atoms with Crippen LogP contribution in [0.15, 0.2) is 24.3 Å². The number of nitrogens with zero attached hydrogens (tertiary/aromatic N) is 2. The molecule has 0 unspecified atom stereocenters. The van der Waals surface area contributed by atoms with Gasteiger partial charge in [0.2, 0.25) is 0 Å². The first-order chi connectivity index (χ1) is 9.55. The van der Waals surface area contributed by atoms with Gasteiger partial charge in [0.25, 0.3) is 0 Å². The lowest BCUT2D eigenvalue weighted by Gasteiger charge is -2.05. The van der Waals surface area contributed by atoms with E-state index in [-0.39, 0.29) is 5.78 Å². The number of benzene rings is 1. The fourth-order valence-electron chi connectivity index (χ4n) is 2.04. The van der Waals surface area contributed by atoms with E-state index < -0.39 is 0 Å². The van der Waals surface area contributed by atoms with Gasteiger partial charge in [-0.05, 0) is 37.6 Å². The van der Waals surface area contributed by atoms with E-state index in [2.05, 4.69) is 5.10 Å². The average Bonchev–Trinajstić information content (AvgIpc) is 2.84. The van der Waals surface area contributed by atoms with Crippen LogP contribution in [0.5, 0.6) is 0 Å². The Morgan fingerprint density at radius 3 is 2.55 bits per heavy atom. The second-order valence-electron chi connectivity index (χ2n) is 4.53. The lowest BCUT2D eigenvalue weighted by molar-refractivity contribution is 0.0990. The number of aryl methyl sites for hydroxylation is 2. The van der Waals surface area contributed by atoms with Gasteiger partial charge in [0, 0.05) is 17.8 Å². The van der Waals surface area contributed by atoms with Crippen molar-refractivity contribution in [3.8, 4) is 0 Å². The summed E-state index contributed by atoms with van der Waals surface area (Å²) < 4.78 is 1.87. The third kappa shape index (κ3) is 3.22. The van der Waals surface area contributed by atoms with E-state index in [4.69, 9.17) is 23.2 Å². The van der Waals surface area contributed by atoms with Gasteiger partial charge in [0.1, 0.15) is 0 Å². The van der Waals surface area contributed by atoms with Crippen LogP contribution in [-0.4, -0.2) is 15.6 Å². The number of hydrogen-bond donors (Lipinski definition) is 0. The molecule has 1 heterocycles. The van der Waals surface area contributed by atoms with Gasteiger partial charge in [-0.15, -0.1) is 0 Å². The van der Waals surface area contributed by atoms with Crippen molar-refractivity contribution in [1.82, 2.24) is 9.78 Å². The Hall–Kier alpha value is -1.32. The van der Waals surface area contributed by atoms with E-state index in [1.807, 2.05) is 24.6 Å². The van der Waals surface area contributed by atoms with Crippen molar-refractivity contribution in [2.75, 3.05) is 0 Å². The predicted molar refractivity (Wildman–Crippen MR) is 81.8 cm³/mol. The fraction of sp³-hybridized carbons (Fsp3) is 0.333. The Kier molecular flexibility index (Phi) is 4.84. The number of aromatic nitrogens is 2. The molecular weight excluding hydrogens is 295 g/mol. The van der Waals surface area contributed by atoms with Crippen molar-refractivity contribution in [2.24, 2.45) is 0 Å². The zero-order chi connectivity index (χ0) is 14.7. The minimum Gasteiger partial charge on any atom is -0.294 e. The minimum absolute atomic E-state index is 0.0146. The predicted octanol–water partition coefficient (Wildman–Crippen LogP) is 4.20. The molecule has 5 heteroatoms. The van der Waals surface area contributed by atoms with E-state index in [0.717, 1.165) is 24.4 Å². The maximum Gasteiger partial charge on any atom is 0.168 e. The molecule has 0 saturated heterocycles. The lowest BCUT2D eigenvalue weighted by atomic mass is 10.1. The first-order valence-electron chi connectivity index (χ1n) is 6.59. The standard InChI is InChI=1S/C15H16Cl2N2O/c1-3-11-8-12(19(4-2)18-11)9-15(20)10-5-6-13(16)14(17)7-10/h5-8H,3-4,9H2,1-2H3. The second kappa shape index (κ2) is 6.42. The topological polar surface area (TPSA) is 34.9 Å². The van der Waals surface area contributed by atoms with Gasteiger partial charge >= 0.3 is 0 Å². The van der Waals surface area contributed by atoms with Crippen LogP contribution in [0.2, 0.25) is 10.0 Å². The Bertz CT molecular complexity index is 635. The summed E-state index contributed by atoms with van der Waals surface area (Å²) in [5.74, 6) is 0.0146. The Morgan fingerprint density at radius 2 is 1.95 bits per heavy atom. The summed E-state index contributed by atoms with van der Waals surface area (Å²) in [6.07, 6.45) is 1.18. The molecule has 0 aliphatic rings.